The topological polar surface area (TPSA) is 89.7 Å². The van der Waals surface area contributed by atoms with E-state index in [-0.39, 0.29) is 11.6 Å². The Morgan fingerprint density at radius 1 is 1.03 bits per heavy atom. The van der Waals surface area contributed by atoms with Crippen molar-refractivity contribution < 1.29 is 4.79 Å². The van der Waals surface area contributed by atoms with Gasteiger partial charge in [-0.25, -0.2) is 4.98 Å². The summed E-state index contributed by atoms with van der Waals surface area (Å²) in [6.45, 7) is 1.99. The molecule has 0 N–H and O–H groups in total. The van der Waals surface area contributed by atoms with Crippen LogP contribution in [0.3, 0.4) is 0 Å². The van der Waals surface area contributed by atoms with Gasteiger partial charge in [-0.15, -0.1) is 5.10 Å². The van der Waals surface area contributed by atoms with Crippen LogP contribution in [0.5, 0.6) is 0 Å². The number of carbonyl (C=O) groups is 1. The SMILES string of the molecule is Cc1ccccc1-n1nnnc1[C@H](c1ccccc1)N(C)C(=O)c1cnccn1. The molecule has 2 heterocycles. The molecule has 144 valence electrons. The van der Waals surface area contributed by atoms with E-state index < -0.39 is 6.04 Å². The highest BCUT2D eigenvalue weighted by atomic mass is 16.2. The van der Waals surface area contributed by atoms with E-state index in [1.165, 1.54) is 18.6 Å². The third kappa shape index (κ3) is 3.60. The van der Waals surface area contributed by atoms with Gasteiger partial charge in [-0.1, -0.05) is 48.5 Å². The Kier molecular flexibility index (Phi) is 5.07. The molecule has 0 aliphatic rings. The fraction of sp³-hybridized carbons (Fsp3) is 0.143. The average molecular weight is 385 g/mol. The van der Waals surface area contributed by atoms with Crippen LogP contribution < -0.4 is 0 Å². The highest BCUT2D eigenvalue weighted by molar-refractivity contribution is 5.92. The summed E-state index contributed by atoms with van der Waals surface area (Å²) in [4.78, 5) is 22.8. The smallest absolute Gasteiger partial charge is 0.274 e. The quantitative estimate of drug-likeness (QED) is 0.525. The second kappa shape index (κ2) is 7.97. The number of nitrogens with zero attached hydrogens (tertiary/aromatic N) is 7. The number of amides is 1. The summed E-state index contributed by atoms with van der Waals surface area (Å²) in [5, 5.41) is 12.4. The van der Waals surface area contributed by atoms with Crippen LogP contribution in [0.4, 0.5) is 0 Å². The molecule has 2 aromatic carbocycles. The van der Waals surface area contributed by atoms with Gasteiger partial charge in [-0.3, -0.25) is 9.78 Å². The van der Waals surface area contributed by atoms with Crippen LogP contribution in [0.1, 0.15) is 33.5 Å². The highest BCUT2D eigenvalue weighted by Crippen LogP contribution is 2.28. The van der Waals surface area contributed by atoms with Crippen molar-refractivity contribution in [1.29, 1.82) is 0 Å². The largest absolute Gasteiger partial charge is 0.326 e. The molecule has 0 unspecified atom stereocenters. The Bertz CT molecular complexity index is 1110. The first-order chi connectivity index (χ1) is 14.2. The summed E-state index contributed by atoms with van der Waals surface area (Å²) in [5.41, 5.74) is 3.02. The Labute approximate surface area is 167 Å². The molecule has 0 aliphatic heterocycles. The number of para-hydroxylation sites is 1. The van der Waals surface area contributed by atoms with E-state index in [1.807, 2.05) is 61.5 Å². The van der Waals surface area contributed by atoms with Crippen molar-refractivity contribution in [3.63, 3.8) is 0 Å². The maximum absolute atomic E-state index is 13.1. The number of tetrazole rings is 1. The van der Waals surface area contributed by atoms with Crippen molar-refractivity contribution in [2.24, 2.45) is 0 Å². The molecule has 0 saturated heterocycles. The van der Waals surface area contributed by atoms with E-state index in [9.17, 15) is 4.79 Å². The number of hydrogen-bond donors (Lipinski definition) is 0. The van der Waals surface area contributed by atoms with E-state index in [4.69, 9.17) is 0 Å². The Morgan fingerprint density at radius 3 is 2.52 bits per heavy atom. The number of aromatic nitrogens is 6. The molecular formula is C21H19N7O. The zero-order valence-corrected chi connectivity index (χ0v) is 16.0. The number of hydrogen-bond acceptors (Lipinski definition) is 6. The lowest BCUT2D eigenvalue weighted by molar-refractivity contribution is 0.0742. The maximum Gasteiger partial charge on any atom is 0.274 e. The summed E-state index contributed by atoms with van der Waals surface area (Å²) in [6, 6.07) is 17.0. The summed E-state index contributed by atoms with van der Waals surface area (Å²) in [5.74, 6) is 0.261. The normalized spacial score (nSPS) is 11.8. The van der Waals surface area contributed by atoms with E-state index >= 15 is 0 Å². The number of aryl methyl sites for hydroxylation is 1. The molecule has 1 amide bonds. The Balaban J connectivity index is 1.83. The van der Waals surface area contributed by atoms with Crippen molar-refractivity contribution in [3.05, 3.63) is 95.8 Å². The van der Waals surface area contributed by atoms with E-state index in [0.717, 1.165) is 16.8 Å². The molecule has 8 heteroatoms. The van der Waals surface area contributed by atoms with Crippen LogP contribution in [0.2, 0.25) is 0 Å². The lowest BCUT2D eigenvalue weighted by Crippen LogP contribution is -2.34. The zero-order chi connectivity index (χ0) is 20.2. The number of carbonyl (C=O) groups excluding carboxylic acids is 1. The highest BCUT2D eigenvalue weighted by Gasteiger charge is 2.30. The number of rotatable bonds is 5. The van der Waals surface area contributed by atoms with Gasteiger partial charge in [-0.05, 0) is 34.5 Å². The van der Waals surface area contributed by atoms with Gasteiger partial charge in [0.25, 0.3) is 5.91 Å². The van der Waals surface area contributed by atoms with Crippen molar-refractivity contribution in [2.75, 3.05) is 7.05 Å². The summed E-state index contributed by atoms with van der Waals surface area (Å²) in [7, 11) is 1.71. The van der Waals surface area contributed by atoms with Gasteiger partial charge in [0.1, 0.15) is 11.7 Å². The molecule has 0 aliphatic carbocycles. The molecule has 8 nitrogen and oxygen atoms in total. The monoisotopic (exact) mass is 385 g/mol. The lowest BCUT2D eigenvalue weighted by atomic mass is 10.0. The van der Waals surface area contributed by atoms with Gasteiger partial charge in [0.15, 0.2) is 5.82 Å². The molecule has 0 fully saturated rings. The van der Waals surface area contributed by atoms with Crippen molar-refractivity contribution in [3.8, 4) is 5.69 Å². The minimum atomic E-state index is -0.514. The lowest BCUT2D eigenvalue weighted by Gasteiger charge is -2.27. The molecular weight excluding hydrogens is 366 g/mol. The van der Waals surface area contributed by atoms with Crippen molar-refractivity contribution in [1.82, 2.24) is 35.1 Å². The van der Waals surface area contributed by atoms with Crippen LogP contribution in [-0.2, 0) is 0 Å². The minimum absolute atomic E-state index is 0.255. The summed E-state index contributed by atoms with van der Waals surface area (Å²) >= 11 is 0. The Morgan fingerprint density at radius 2 is 1.79 bits per heavy atom. The number of benzene rings is 2. The molecule has 0 spiro atoms. The predicted octanol–water partition coefficient (Wildman–Crippen LogP) is 2.62. The van der Waals surface area contributed by atoms with Gasteiger partial charge in [0.05, 0.1) is 11.9 Å². The molecule has 1 atom stereocenters. The van der Waals surface area contributed by atoms with Crippen molar-refractivity contribution >= 4 is 5.91 Å². The van der Waals surface area contributed by atoms with Crippen LogP contribution in [0.15, 0.2) is 73.2 Å². The molecule has 2 aromatic heterocycles. The average Bonchev–Trinajstić information content (AvgIpc) is 3.24. The first kappa shape index (κ1) is 18.4. The first-order valence-electron chi connectivity index (χ1n) is 9.09. The fourth-order valence-electron chi connectivity index (χ4n) is 3.23. The molecule has 29 heavy (non-hydrogen) atoms. The maximum atomic E-state index is 13.1. The van der Waals surface area contributed by atoms with Crippen LogP contribution >= 0.6 is 0 Å². The second-order valence-electron chi connectivity index (χ2n) is 6.56. The van der Waals surface area contributed by atoms with Gasteiger partial charge in [0.2, 0.25) is 0 Å². The van der Waals surface area contributed by atoms with E-state index in [1.54, 1.807) is 16.6 Å². The van der Waals surface area contributed by atoms with Gasteiger partial charge < -0.3 is 4.90 Å². The van der Waals surface area contributed by atoms with Gasteiger partial charge in [0, 0.05) is 19.4 Å². The van der Waals surface area contributed by atoms with Crippen LogP contribution in [0.25, 0.3) is 5.69 Å². The second-order valence-corrected chi connectivity index (χ2v) is 6.56. The van der Waals surface area contributed by atoms with Crippen LogP contribution in [0, 0.1) is 6.92 Å². The van der Waals surface area contributed by atoms with Crippen molar-refractivity contribution in [2.45, 2.75) is 13.0 Å². The predicted molar refractivity (Wildman–Crippen MR) is 106 cm³/mol. The molecule has 4 aromatic rings. The zero-order valence-electron chi connectivity index (χ0n) is 16.0. The molecule has 0 saturated carbocycles. The third-order valence-electron chi connectivity index (χ3n) is 4.69. The van der Waals surface area contributed by atoms with E-state index in [0.29, 0.717) is 5.82 Å². The van der Waals surface area contributed by atoms with Gasteiger partial charge >= 0.3 is 0 Å². The fourth-order valence-corrected chi connectivity index (χ4v) is 3.23. The third-order valence-corrected chi connectivity index (χ3v) is 4.69. The molecule has 0 bridgehead atoms. The summed E-state index contributed by atoms with van der Waals surface area (Å²) in [6.07, 6.45) is 4.48. The summed E-state index contributed by atoms with van der Waals surface area (Å²) < 4.78 is 1.67. The minimum Gasteiger partial charge on any atom is -0.326 e. The molecule has 4 rings (SSSR count). The standard InChI is InChI=1S/C21H19N7O/c1-15-8-6-7-11-18(15)28-20(24-25-26-28)19(16-9-4-3-5-10-16)27(2)21(29)17-14-22-12-13-23-17/h3-14,19H,1-2H3/t19-/m0/s1. The molecule has 0 radical (unpaired) electrons. The first-order valence-corrected chi connectivity index (χ1v) is 9.09. The Hall–Kier alpha value is -3.94. The van der Waals surface area contributed by atoms with E-state index in [2.05, 4.69) is 25.5 Å². The van der Waals surface area contributed by atoms with Crippen LogP contribution in [-0.4, -0.2) is 48.0 Å². The van der Waals surface area contributed by atoms with Gasteiger partial charge in [-0.2, -0.15) is 4.68 Å².